The smallest absolute Gasteiger partial charge is 0.331 e. The number of aliphatic hydroxyl groups is 1. The maximum absolute atomic E-state index is 12.9. The summed E-state index contributed by atoms with van der Waals surface area (Å²) in [6, 6.07) is 0. The number of hydrogen-bond acceptors (Lipinski definition) is 8. The van der Waals surface area contributed by atoms with Crippen molar-refractivity contribution >= 4 is 11.9 Å². The summed E-state index contributed by atoms with van der Waals surface area (Å²) in [7, 11) is 0. The van der Waals surface area contributed by atoms with Gasteiger partial charge >= 0.3 is 11.9 Å². The summed E-state index contributed by atoms with van der Waals surface area (Å²) in [6.45, 7) is 8.73. The standard InChI is InChI=1S/C29H38O8/c1-18-9-11-28-16-34-26(32)14-19(2)10-12-33-21(20(3)30)7-5-6-8-25(31)37-22-15-24(36-23(28)13-18)29(17-35-29)27(22,28)4/h5-8,13-14,20-24,30H,9-12,15-17H2,1-4H3/b7-5+,8-6-,19-14+/t20-,21+,22+,23+,24+,27+,28+,29?/m0/s1. The van der Waals surface area contributed by atoms with Gasteiger partial charge in [0.25, 0.3) is 0 Å². The fourth-order valence-electron chi connectivity index (χ4n) is 6.85. The molecule has 3 fully saturated rings. The highest BCUT2D eigenvalue weighted by Crippen LogP contribution is 2.72. The molecule has 1 saturated carbocycles. The minimum absolute atomic E-state index is 0.144. The van der Waals surface area contributed by atoms with Gasteiger partial charge in [0.2, 0.25) is 0 Å². The van der Waals surface area contributed by atoms with Gasteiger partial charge in [0, 0.05) is 24.0 Å². The second-order valence-electron chi connectivity index (χ2n) is 11.4. The van der Waals surface area contributed by atoms with E-state index in [0.717, 1.165) is 18.4 Å². The highest BCUT2D eigenvalue weighted by atomic mass is 16.6. The molecule has 8 nitrogen and oxygen atoms in total. The van der Waals surface area contributed by atoms with Crippen LogP contribution in [0.4, 0.5) is 0 Å². The van der Waals surface area contributed by atoms with Gasteiger partial charge in [0.15, 0.2) is 0 Å². The number of hydrogen-bond donors (Lipinski definition) is 1. The first-order valence-electron chi connectivity index (χ1n) is 13.3. The molecule has 202 valence electrons. The van der Waals surface area contributed by atoms with Crippen molar-refractivity contribution in [1.29, 1.82) is 0 Å². The van der Waals surface area contributed by atoms with Crippen LogP contribution in [0, 0.1) is 10.8 Å². The molecule has 2 saturated heterocycles. The fraction of sp³-hybridized carbons (Fsp3) is 0.655. The quantitative estimate of drug-likeness (QED) is 0.323. The lowest BCUT2D eigenvalue weighted by Crippen LogP contribution is -2.66. The Morgan fingerprint density at radius 2 is 1.84 bits per heavy atom. The molecule has 0 aromatic carbocycles. The van der Waals surface area contributed by atoms with Crippen molar-refractivity contribution in [3.05, 3.63) is 47.6 Å². The third-order valence-electron chi connectivity index (χ3n) is 9.24. The fourth-order valence-corrected chi connectivity index (χ4v) is 6.85. The molecule has 0 aromatic heterocycles. The normalized spacial score (nSPS) is 46.2. The summed E-state index contributed by atoms with van der Waals surface area (Å²) < 4.78 is 30.6. The van der Waals surface area contributed by atoms with E-state index in [1.807, 2.05) is 6.92 Å². The second kappa shape index (κ2) is 9.80. The lowest BCUT2D eigenvalue weighted by molar-refractivity contribution is -0.232. The van der Waals surface area contributed by atoms with Gasteiger partial charge in [-0.15, -0.1) is 0 Å². The second-order valence-corrected chi connectivity index (χ2v) is 11.4. The third-order valence-corrected chi connectivity index (χ3v) is 9.24. The van der Waals surface area contributed by atoms with Crippen molar-refractivity contribution in [2.45, 2.75) is 89.5 Å². The average Bonchev–Trinajstić information content (AvgIpc) is 3.61. The number of allylic oxidation sites excluding steroid dienone is 3. The van der Waals surface area contributed by atoms with Crippen molar-refractivity contribution in [3.8, 4) is 0 Å². The van der Waals surface area contributed by atoms with Gasteiger partial charge in [0.05, 0.1) is 36.9 Å². The van der Waals surface area contributed by atoms with Crippen LogP contribution in [-0.4, -0.2) is 73.0 Å². The number of rotatable bonds is 1. The molecule has 37 heavy (non-hydrogen) atoms. The van der Waals surface area contributed by atoms with E-state index in [0.29, 0.717) is 26.1 Å². The van der Waals surface area contributed by atoms with Crippen molar-refractivity contribution in [2.24, 2.45) is 10.8 Å². The van der Waals surface area contributed by atoms with Crippen LogP contribution in [0.2, 0.25) is 0 Å². The number of carbonyl (C=O) groups is 2. The van der Waals surface area contributed by atoms with E-state index in [1.54, 1.807) is 25.2 Å². The predicted octanol–water partition coefficient (Wildman–Crippen LogP) is 3.34. The molecule has 1 N–H and O–H groups in total. The highest BCUT2D eigenvalue weighted by Gasteiger charge is 2.83. The molecule has 1 unspecified atom stereocenters. The predicted molar refractivity (Wildman–Crippen MR) is 134 cm³/mol. The molecule has 0 radical (unpaired) electrons. The lowest BCUT2D eigenvalue weighted by Gasteiger charge is -2.58. The molecule has 2 spiro atoms. The molecule has 2 aliphatic carbocycles. The molecule has 5 rings (SSSR count). The van der Waals surface area contributed by atoms with E-state index in [9.17, 15) is 14.7 Å². The van der Waals surface area contributed by atoms with Crippen molar-refractivity contribution < 1.29 is 38.4 Å². The van der Waals surface area contributed by atoms with Gasteiger partial charge in [-0.1, -0.05) is 42.4 Å². The first kappa shape index (κ1) is 26.4. The summed E-state index contributed by atoms with van der Waals surface area (Å²) in [5.41, 5.74) is 0.318. The lowest BCUT2D eigenvalue weighted by atomic mass is 9.51. The summed E-state index contributed by atoms with van der Waals surface area (Å²) in [4.78, 5) is 25.9. The van der Waals surface area contributed by atoms with Gasteiger partial charge in [-0.05, 0) is 40.0 Å². The number of aliphatic hydroxyl groups excluding tert-OH is 1. The summed E-state index contributed by atoms with van der Waals surface area (Å²) >= 11 is 0. The molecular formula is C29H38O8. The highest BCUT2D eigenvalue weighted by molar-refractivity contribution is 5.83. The third kappa shape index (κ3) is 4.42. The molecule has 0 amide bonds. The Morgan fingerprint density at radius 1 is 1.05 bits per heavy atom. The molecule has 0 aromatic rings. The zero-order valence-electron chi connectivity index (χ0n) is 22.1. The average molecular weight is 515 g/mol. The van der Waals surface area contributed by atoms with Crippen LogP contribution in [-0.2, 0) is 33.3 Å². The maximum atomic E-state index is 12.9. The van der Waals surface area contributed by atoms with Crippen LogP contribution in [0.3, 0.4) is 0 Å². The van der Waals surface area contributed by atoms with Crippen LogP contribution in [0.1, 0.15) is 53.4 Å². The topological polar surface area (TPSA) is 104 Å². The van der Waals surface area contributed by atoms with Crippen LogP contribution >= 0.6 is 0 Å². The van der Waals surface area contributed by atoms with Gasteiger partial charge in [-0.3, -0.25) is 0 Å². The number of ether oxygens (including phenoxy) is 5. The Balaban J connectivity index is 1.51. The van der Waals surface area contributed by atoms with E-state index in [4.69, 9.17) is 23.7 Å². The van der Waals surface area contributed by atoms with E-state index in [1.165, 1.54) is 17.7 Å². The van der Waals surface area contributed by atoms with Gasteiger partial charge in [-0.2, -0.15) is 0 Å². The molecule has 3 aliphatic heterocycles. The Bertz CT molecular complexity index is 1050. The first-order valence-corrected chi connectivity index (χ1v) is 13.3. The summed E-state index contributed by atoms with van der Waals surface area (Å²) in [5, 5.41) is 10.0. The van der Waals surface area contributed by atoms with E-state index < -0.39 is 46.7 Å². The van der Waals surface area contributed by atoms with Gasteiger partial charge in [0.1, 0.15) is 24.4 Å². The Hall–Kier alpha value is -2.26. The molecule has 2 bridgehead atoms. The Morgan fingerprint density at radius 3 is 2.57 bits per heavy atom. The van der Waals surface area contributed by atoms with Gasteiger partial charge < -0.3 is 28.8 Å². The van der Waals surface area contributed by atoms with E-state index in [-0.39, 0.29) is 18.8 Å². The van der Waals surface area contributed by atoms with E-state index >= 15 is 0 Å². The van der Waals surface area contributed by atoms with Crippen LogP contribution in [0.5, 0.6) is 0 Å². The first-order chi connectivity index (χ1) is 17.6. The van der Waals surface area contributed by atoms with Crippen LogP contribution in [0.15, 0.2) is 47.6 Å². The SMILES string of the molecule is CC1=C[C@H]2O[C@@H]3C[C@H]4OC(=O)/C=C\C=C\[C@H]([C@H](C)O)OCC/C(C)=C/C(=O)OC[C@@]2(CC1)[C@]4(C)C31CO1. The van der Waals surface area contributed by atoms with E-state index in [2.05, 4.69) is 19.9 Å². The van der Waals surface area contributed by atoms with Crippen molar-refractivity contribution in [2.75, 3.05) is 19.8 Å². The zero-order chi connectivity index (χ0) is 26.4. The van der Waals surface area contributed by atoms with Gasteiger partial charge in [-0.25, -0.2) is 9.59 Å². The molecule has 5 aliphatic rings. The number of epoxide rings is 1. The number of carbonyl (C=O) groups excluding carboxylic acids is 2. The Labute approximate surface area is 218 Å². The Kier molecular flexibility index (Phi) is 6.98. The van der Waals surface area contributed by atoms with Crippen LogP contribution in [0.25, 0.3) is 0 Å². The monoisotopic (exact) mass is 514 g/mol. The van der Waals surface area contributed by atoms with Crippen LogP contribution < -0.4 is 0 Å². The molecule has 8 heteroatoms. The summed E-state index contributed by atoms with van der Waals surface area (Å²) in [5.74, 6) is -0.879. The molecular weight excluding hydrogens is 476 g/mol. The van der Waals surface area contributed by atoms with Crippen molar-refractivity contribution in [1.82, 2.24) is 0 Å². The number of cyclic esters (lactones) is 1. The maximum Gasteiger partial charge on any atom is 0.331 e. The minimum atomic E-state index is -0.735. The number of esters is 2. The summed E-state index contributed by atoms with van der Waals surface area (Å²) in [6.07, 6.45) is 10.5. The molecule has 8 atom stereocenters. The minimum Gasteiger partial charge on any atom is -0.462 e. The zero-order valence-corrected chi connectivity index (χ0v) is 22.1. The largest absolute Gasteiger partial charge is 0.462 e. The molecule has 3 heterocycles. The van der Waals surface area contributed by atoms with Crippen molar-refractivity contribution in [3.63, 3.8) is 0 Å².